The Kier molecular flexibility index (Phi) is 6.92. The van der Waals surface area contributed by atoms with Gasteiger partial charge in [-0.05, 0) is 13.0 Å². The van der Waals surface area contributed by atoms with E-state index in [1.807, 2.05) is 0 Å². The van der Waals surface area contributed by atoms with E-state index >= 15 is 0 Å². The van der Waals surface area contributed by atoms with Crippen molar-refractivity contribution < 1.29 is 4.79 Å². The first-order valence-electron chi connectivity index (χ1n) is 7.81. The van der Waals surface area contributed by atoms with Crippen LogP contribution in [0.3, 0.4) is 0 Å². The molecule has 1 aliphatic heterocycles. The normalized spacial score (nSPS) is 16.0. The van der Waals surface area contributed by atoms with E-state index in [0.29, 0.717) is 28.5 Å². The summed E-state index contributed by atoms with van der Waals surface area (Å²) in [5, 5.41) is 3.85. The number of hydrogen-bond acceptors (Lipinski definition) is 6. The van der Waals surface area contributed by atoms with E-state index in [-0.39, 0.29) is 5.91 Å². The van der Waals surface area contributed by atoms with Crippen LogP contribution in [-0.4, -0.2) is 66.3 Å². The highest BCUT2D eigenvalue weighted by Gasteiger charge is 2.17. The minimum absolute atomic E-state index is 0.00609. The molecule has 1 aliphatic rings. The lowest BCUT2D eigenvalue weighted by molar-refractivity contribution is -0.118. The van der Waals surface area contributed by atoms with Crippen LogP contribution in [0.5, 0.6) is 0 Å². The third kappa shape index (κ3) is 6.16. The van der Waals surface area contributed by atoms with Gasteiger partial charge in [-0.15, -0.1) is 0 Å². The van der Waals surface area contributed by atoms with Gasteiger partial charge >= 0.3 is 0 Å². The molecule has 128 valence electrons. The third-order valence-corrected chi connectivity index (χ3v) is 4.57. The Hall–Kier alpha value is -1.05. The van der Waals surface area contributed by atoms with E-state index in [0.717, 1.165) is 32.0 Å². The Morgan fingerprint density at radius 1 is 1.35 bits per heavy atom. The van der Waals surface area contributed by atoms with Gasteiger partial charge in [0.25, 0.3) is 0 Å². The highest BCUT2D eigenvalue weighted by molar-refractivity contribution is 7.99. The standard InChI is InChI=1S/C15H24ClN5OS/c1-11(2)9-17-14(22)10-23-15-18-12(16)8-13(19-15)21-6-4-20(3)5-7-21/h8,11H,4-7,9-10H2,1-3H3,(H,17,22). The lowest BCUT2D eigenvalue weighted by atomic mass is 10.2. The summed E-state index contributed by atoms with van der Waals surface area (Å²) in [5.74, 6) is 1.57. The highest BCUT2D eigenvalue weighted by atomic mass is 35.5. The second-order valence-electron chi connectivity index (χ2n) is 6.11. The molecular formula is C15H24ClN5OS. The van der Waals surface area contributed by atoms with Gasteiger partial charge in [0.2, 0.25) is 5.91 Å². The topological polar surface area (TPSA) is 61.4 Å². The van der Waals surface area contributed by atoms with Crippen molar-refractivity contribution in [2.75, 3.05) is 50.4 Å². The second-order valence-corrected chi connectivity index (χ2v) is 7.44. The first kappa shape index (κ1) is 18.3. The number of carbonyl (C=O) groups excluding carboxylic acids is 1. The molecule has 0 spiro atoms. The van der Waals surface area contributed by atoms with E-state index in [1.165, 1.54) is 11.8 Å². The van der Waals surface area contributed by atoms with Gasteiger partial charge in [-0.3, -0.25) is 4.79 Å². The molecule has 0 unspecified atom stereocenters. The van der Waals surface area contributed by atoms with Crippen LogP contribution in [0.25, 0.3) is 0 Å². The van der Waals surface area contributed by atoms with E-state index in [4.69, 9.17) is 11.6 Å². The number of aromatic nitrogens is 2. The van der Waals surface area contributed by atoms with Crippen molar-refractivity contribution in [2.45, 2.75) is 19.0 Å². The van der Waals surface area contributed by atoms with Crippen LogP contribution >= 0.6 is 23.4 Å². The second kappa shape index (κ2) is 8.70. The number of carbonyl (C=O) groups is 1. The Bertz CT molecular complexity index is 535. The number of anilines is 1. The first-order chi connectivity index (χ1) is 10.9. The number of nitrogens with one attached hydrogen (secondary N) is 1. The first-order valence-corrected chi connectivity index (χ1v) is 9.18. The molecule has 2 rings (SSSR count). The van der Waals surface area contributed by atoms with Crippen LogP contribution in [0, 0.1) is 5.92 Å². The maximum Gasteiger partial charge on any atom is 0.230 e. The van der Waals surface area contributed by atoms with Crippen LogP contribution in [0.1, 0.15) is 13.8 Å². The summed E-state index contributed by atoms with van der Waals surface area (Å²) in [6, 6.07) is 1.79. The van der Waals surface area contributed by atoms with Crippen LogP contribution in [-0.2, 0) is 4.79 Å². The lowest BCUT2D eigenvalue weighted by Gasteiger charge is -2.33. The van der Waals surface area contributed by atoms with Gasteiger partial charge in [0.1, 0.15) is 11.0 Å². The van der Waals surface area contributed by atoms with E-state index in [9.17, 15) is 4.79 Å². The van der Waals surface area contributed by atoms with Crippen LogP contribution < -0.4 is 10.2 Å². The molecule has 23 heavy (non-hydrogen) atoms. The lowest BCUT2D eigenvalue weighted by Crippen LogP contribution is -2.44. The van der Waals surface area contributed by atoms with Crippen LogP contribution in [0.4, 0.5) is 5.82 Å². The zero-order valence-corrected chi connectivity index (χ0v) is 15.5. The van der Waals surface area contributed by atoms with Crippen molar-refractivity contribution in [3.63, 3.8) is 0 Å². The fourth-order valence-electron chi connectivity index (χ4n) is 2.15. The van der Waals surface area contributed by atoms with Crippen molar-refractivity contribution in [3.8, 4) is 0 Å². The Morgan fingerprint density at radius 3 is 2.70 bits per heavy atom. The predicted octanol–water partition coefficient (Wildman–Crippen LogP) is 1.75. The molecule has 2 heterocycles. The SMILES string of the molecule is CC(C)CNC(=O)CSc1nc(Cl)cc(N2CCN(C)CC2)n1. The van der Waals surface area contributed by atoms with Crippen molar-refractivity contribution in [1.82, 2.24) is 20.2 Å². The molecule has 1 aromatic rings. The highest BCUT2D eigenvalue weighted by Crippen LogP contribution is 2.22. The number of halogens is 1. The fourth-order valence-corrected chi connectivity index (χ4v) is 3.06. The molecule has 6 nitrogen and oxygen atoms in total. The molecule has 0 bridgehead atoms. The van der Waals surface area contributed by atoms with Gasteiger partial charge in [0.05, 0.1) is 5.75 Å². The van der Waals surface area contributed by atoms with Crippen LogP contribution in [0.15, 0.2) is 11.2 Å². The zero-order valence-electron chi connectivity index (χ0n) is 13.9. The number of hydrogen-bond donors (Lipinski definition) is 1. The number of amides is 1. The Morgan fingerprint density at radius 2 is 2.04 bits per heavy atom. The number of rotatable bonds is 6. The molecule has 1 fully saturated rings. The van der Waals surface area contributed by atoms with Crippen LogP contribution in [0.2, 0.25) is 5.15 Å². The number of thioether (sulfide) groups is 1. The average molecular weight is 358 g/mol. The summed E-state index contributed by atoms with van der Waals surface area (Å²) in [5.41, 5.74) is 0. The van der Waals surface area contributed by atoms with Gasteiger partial charge in [-0.1, -0.05) is 37.2 Å². The summed E-state index contributed by atoms with van der Waals surface area (Å²) in [6.07, 6.45) is 0. The quantitative estimate of drug-likeness (QED) is 0.475. The fraction of sp³-hybridized carbons (Fsp3) is 0.667. The number of nitrogens with zero attached hydrogens (tertiary/aromatic N) is 4. The molecule has 0 saturated carbocycles. The maximum atomic E-state index is 11.8. The monoisotopic (exact) mass is 357 g/mol. The molecule has 8 heteroatoms. The molecule has 0 aliphatic carbocycles. The van der Waals surface area contributed by atoms with Crippen molar-refractivity contribution in [3.05, 3.63) is 11.2 Å². The van der Waals surface area contributed by atoms with Crippen molar-refractivity contribution >= 4 is 35.1 Å². The average Bonchev–Trinajstić information content (AvgIpc) is 2.51. The summed E-state index contributed by atoms with van der Waals surface area (Å²) in [4.78, 5) is 25.0. The zero-order chi connectivity index (χ0) is 16.8. The molecule has 0 atom stereocenters. The molecule has 1 saturated heterocycles. The maximum absolute atomic E-state index is 11.8. The number of likely N-dealkylation sites (N-methyl/N-ethyl adjacent to an activating group) is 1. The van der Waals surface area contributed by atoms with Gasteiger partial charge in [-0.25, -0.2) is 9.97 Å². The van der Waals surface area contributed by atoms with Gasteiger partial charge < -0.3 is 15.1 Å². The summed E-state index contributed by atoms with van der Waals surface area (Å²) < 4.78 is 0. The smallest absolute Gasteiger partial charge is 0.230 e. The third-order valence-electron chi connectivity index (χ3n) is 3.53. The molecule has 1 N–H and O–H groups in total. The van der Waals surface area contributed by atoms with Gasteiger partial charge in [0.15, 0.2) is 5.16 Å². The van der Waals surface area contributed by atoms with Crippen molar-refractivity contribution in [1.29, 1.82) is 0 Å². The summed E-state index contributed by atoms with van der Waals surface area (Å²) in [7, 11) is 2.11. The molecular weight excluding hydrogens is 334 g/mol. The molecule has 0 radical (unpaired) electrons. The Labute approximate surface area is 147 Å². The molecule has 0 aromatic carbocycles. The van der Waals surface area contributed by atoms with Gasteiger partial charge in [0, 0.05) is 38.8 Å². The van der Waals surface area contributed by atoms with Crippen molar-refractivity contribution in [2.24, 2.45) is 5.92 Å². The minimum Gasteiger partial charge on any atom is -0.355 e. The molecule has 1 amide bonds. The van der Waals surface area contributed by atoms with E-state index in [2.05, 4.69) is 46.0 Å². The number of piperazine rings is 1. The minimum atomic E-state index is -0.00609. The molecule has 1 aromatic heterocycles. The summed E-state index contributed by atoms with van der Waals surface area (Å²) >= 11 is 7.43. The predicted molar refractivity (Wildman–Crippen MR) is 95.3 cm³/mol. The largest absolute Gasteiger partial charge is 0.355 e. The Balaban J connectivity index is 1.93. The summed E-state index contributed by atoms with van der Waals surface area (Å²) in [6.45, 7) is 8.66. The van der Waals surface area contributed by atoms with E-state index < -0.39 is 0 Å². The van der Waals surface area contributed by atoms with Gasteiger partial charge in [-0.2, -0.15) is 0 Å². The van der Waals surface area contributed by atoms with E-state index in [1.54, 1.807) is 6.07 Å².